The van der Waals surface area contributed by atoms with Crippen LogP contribution >= 0.6 is 0 Å². The van der Waals surface area contributed by atoms with Crippen molar-refractivity contribution in [2.24, 2.45) is 11.8 Å². The fourth-order valence-electron chi connectivity index (χ4n) is 1.95. The van der Waals surface area contributed by atoms with Crippen LogP contribution in [0.2, 0.25) is 0 Å². The number of hydrogen-bond donors (Lipinski definition) is 1. The summed E-state index contributed by atoms with van der Waals surface area (Å²) in [6.07, 6.45) is 1.05. The van der Waals surface area contributed by atoms with Crippen molar-refractivity contribution in [2.45, 2.75) is 19.9 Å². The van der Waals surface area contributed by atoms with E-state index in [0.717, 1.165) is 17.7 Å². The zero-order chi connectivity index (χ0) is 12.4. The van der Waals surface area contributed by atoms with Gasteiger partial charge in [-0.15, -0.1) is 0 Å². The molecule has 2 unspecified atom stereocenters. The summed E-state index contributed by atoms with van der Waals surface area (Å²) in [6, 6.07) is 8.24. The molecular formula is C14H20N2O. The third-order valence-corrected chi connectivity index (χ3v) is 3.34. The molecule has 0 bridgehead atoms. The Labute approximate surface area is 103 Å². The van der Waals surface area contributed by atoms with Gasteiger partial charge in [-0.2, -0.15) is 0 Å². The average Bonchev–Trinajstić information content (AvgIpc) is 3.04. The van der Waals surface area contributed by atoms with Crippen molar-refractivity contribution in [1.29, 1.82) is 0 Å². The first-order chi connectivity index (χ1) is 8.08. The standard InChI is InChI=1S/C14H20N2O/c1-10-7-13(10)14(17)15-9-11-5-4-6-12(8-11)16(2)3/h4-6,8,10,13H,7,9H2,1-3H3,(H,15,17). The number of hydrogen-bond acceptors (Lipinski definition) is 2. The summed E-state index contributed by atoms with van der Waals surface area (Å²) in [5.74, 6) is 1.03. The summed E-state index contributed by atoms with van der Waals surface area (Å²) < 4.78 is 0. The van der Waals surface area contributed by atoms with Gasteiger partial charge in [-0.3, -0.25) is 4.79 Å². The van der Waals surface area contributed by atoms with Gasteiger partial charge in [0, 0.05) is 32.2 Å². The minimum Gasteiger partial charge on any atom is -0.378 e. The Balaban J connectivity index is 1.90. The molecular weight excluding hydrogens is 212 g/mol. The van der Waals surface area contributed by atoms with Crippen LogP contribution in [0.1, 0.15) is 18.9 Å². The van der Waals surface area contributed by atoms with E-state index in [4.69, 9.17) is 0 Å². The second kappa shape index (κ2) is 4.78. The molecule has 0 aliphatic heterocycles. The van der Waals surface area contributed by atoms with Crippen molar-refractivity contribution in [3.63, 3.8) is 0 Å². The Kier molecular flexibility index (Phi) is 3.36. The summed E-state index contributed by atoms with van der Waals surface area (Å²) in [7, 11) is 4.03. The van der Waals surface area contributed by atoms with Crippen LogP contribution in [0, 0.1) is 11.8 Å². The maximum atomic E-state index is 11.7. The number of anilines is 1. The van der Waals surface area contributed by atoms with E-state index in [9.17, 15) is 4.79 Å². The number of rotatable bonds is 4. The molecule has 0 heterocycles. The Morgan fingerprint density at radius 3 is 2.76 bits per heavy atom. The number of carbonyl (C=O) groups is 1. The van der Waals surface area contributed by atoms with Gasteiger partial charge in [0.1, 0.15) is 0 Å². The molecule has 0 aromatic heterocycles. The number of nitrogens with one attached hydrogen (secondary N) is 1. The van der Waals surface area contributed by atoms with Crippen LogP contribution < -0.4 is 10.2 Å². The van der Waals surface area contributed by atoms with Crippen LogP contribution in [0.5, 0.6) is 0 Å². The average molecular weight is 232 g/mol. The summed E-state index contributed by atoms with van der Waals surface area (Å²) in [6.45, 7) is 2.75. The minimum absolute atomic E-state index is 0.202. The van der Waals surface area contributed by atoms with E-state index in [-0.39, 0.29) is 11.8 Å². The molecule has 1 N–H and O–H groups in total. The highest BCUT2D eigenvalue weighted by Gasteiger charge is 2.38. The van der Waals surface area contributed by atoms with Gasteiger partial charge < -0.3 is 10.2 Å². The lowest BCUT2D eigenvalue weighted by Gasteiger charge is -2.13. The monoisotopic (exact) mass is 232 g/mol. The second-order valence-corrected chi connectivity index (χ2v) is 5.10. The molecule has 1 aromatic rings. The highest BCUT2D eigenvalue weighted by atomic mass is 16.2. The van der Waals surface area contributed by atoms with E-state index in [1.165, 1.54) is 0 Å². The molecule has 1 amide bonds. The van der Waals surface area contributed by atoms with E-state index < -0.39 is 0 Å². The molecule has 1 fully saturated rings. The zero-order valence-electron chi connectivity index (χ0n) is 10.7. The Bertz CT molecular complexity index is 414. The van der Waals surface area contributed by atoms with Gasteiger partial charge in [0.25, 0.3) is 0 Å². The molecule has 1 saturated carbocycles. The molecule has 2 atom stereocenters. The van der Waals surface area contributed by atoms with Gasteiger partial charge in [-0.05, 0) is 30.0 Å². The predicted molar refractivity (Wildman–Crippen MR) is 69.9 cm³/mol. The van der Waals surface area contributed by atoms with E-state index >= 15 is 0 Å². The van der Waals surface area contributed by atoms with Crippen molar-refractivity contribution < 1.29 is 4.79 Å². The molecule has 2 rings (SSSR count). The van der Waals surface area contributed by atoms with Crippen molar-refractivity contribution in [3.8, 4) is 0 Å². The van der Waals surface area contributed by atoms with E-state index in [1.54, 1.807) is 0 Å². The van der Waals surface area contributed by atoms with Crippen molar-refractivity contribution in [1.82, 2.24) is 5.32 Å². The molecule has 1 aliphatic carbocycles. The van der Waals surface area contributed by atoms with Crippen LogP contribution in [-0.4, -0.2) is 20.0 Å². The summed E-state index contributed by atoms with van der Waals surface area (Å²) in [4.78, 5) is 13.8. The molecule has 3 nitrogen and oxygen atoms in total. The van der Waals surface area contributed by atoms with E-state index in [2.05, 4.69) is 29.3 Å². The molecule has 0 saturated heterocycles. The molecule has 1 aromatic carbocycles. The SMILES string of the molecule is CC1CC1C(=O)NCc1cccc(N(C)C)c1. The minimum atomic E-state index is 0.202. The van der Waals surface area contributed by atoms with Crippen LogP contribution in [0.15, 0.2) is 24.3 Å². The lowest BCUT2D eigenvalue weighted by Crippen LogP contribution is -2.24. The zero-order valence-corrected chi connectivity index (χ0v) is 10.7. The Hall–Kier alpha value is -1.51. The maximum Gasteiger partial charge on any atom is 0.223 e. The van der Waals surface area contributed by atoms with Gasteiger partial charge in [0.2, 0.25) is 5.91 Å². The van der Waals surface area contributed by atoms with Crippen LogP contribution in [0.25, 0.3) is 0 Å². The molecule has 17 heavy (non-hydrogen) atoms. The first-order valence-corrected chi connectivity index (χ1v) is 6.12. The van der Waals surface area contributed by atoms with E-state index in [1.807, 2.05) is 26.2 Å². The second-order valence-electron chi connectivity index (χ2n) is 5.10. The first-order valence-electron chi connectivity index (χ1n) is 6.12. The number of nitrogens with zero attached hydrogens (tertiary/aromatic N) is 1. The quantitative estimate of drug-likeness (QED) is 0.861. The number of benzene rings is 1. The third kappa shape index (κ3) is 2.99. The molecule has 1 aliphatic rings. The Morgan fingerprint density at radius 2 is 2.18 bits per heavy atom. The summed E-state index contributed by atoms with van der Waals surface area (Å²) >= 11 is 0. The lowest BCUT2D eigenvalue weighted by atomic mass is 10.2. The Morgan fingerprint density at radius 1 is 1.47 bits per heavy atom. The van der Waals surface area contributed by atoms with Gasteiger partial charge in [-0.1, -0.05) is 19.1 Å². The van der Waals surface area contributed by atoms with Crippen LogP contribution in [0.3, 0.4) is 0 Å². The van der Waals surface area contributed by atoms with Gasteiger partial charge in [0.05, 0.1) is 0 Å². The largest absolute Gasteiger partial charge is 0.378 e. The van der Waals surface area contributed by atoms with Crippen LogP contribution in [0.4, 0.5) is 5.69 Å². The van der Waals surface area contributed by atoms with Crippen molar-refractivity contribution in [2.75, 3.05) is 19.0 Å². The fraction of sp³-hybridized carbons (Fsp3) is 0.500. The van der Waals surface area contributed by atoms with Gasteiger partial charge in [0.15, 0.2) is 0 Å². The van der Waals surface area contributed by atoms with Crippen LogP contribution in [-0.2, 0) is 11.3 Å². The maximum absolute atomic E-state index is 11.7. The van der Waals surface area contributed by atoms with Gasteiger partial charge >= 0.3 is 0 Å². The highest BCUT2D eigenvalue weighted by Crippen LogP contribution is 2.37. The number of carbonyl (C=O) groups excluding carboxylic acids is 1. The molecule has 0 spiro atoms. The predicted octanol–water partition coefficient (Wildman–Crippen LogP) is 2.02. The normalized spacial score (nSPS) is 22.1. The first kappa shape index (κ1) is 12.0. The fourth-order valence-corrected chi connectivity index (χ4v) is 1.95. The lowest BCUT2D eigenvalue weighted by molar-refractivity contribution is -0.122. The summed E-state index contributed by atoms with van der Waals surface area (Å²) in [5, 5.41) is 3.00. The van der Waals surface area contributed by atoms with Gasteiger partial charge in [-0.25, -0.2) is 0 Å². The highest BCUT2D eigenvalue weighted by molar-refractivity contribution is 5.81. The third-order valence-electron chi connectivity index (χ3n) is 3.34. The molecule has 3 heteroatoms. The number of amides is 1. The summed E-state index contributed by atoms with van der Waals surface area (Å²) in [5.41, 5.74) is 2.31. The smallest absolute Gasteiger partial charge is 0.223 e. The molecule has 92 valence electrons. The topological polar surface area (TPSA) is 32.3 Å². The molecule has 0 radical (unpaired) electrons. The van der Waals surface area contributed by atoms with E-state index in [0.29, 0.717) is 12.5 Å². The van der Waals surface area contributed by atoms with Crippen molar-refractivity contribution >= 4 is 11.6 Å². The van der Waals surface area contributed by atoms with Crippen molar-refractivity contribution in [3.05, 3.63) is 29.8 Å².